The van der Waals surface area contributed by atoms with E-state index < -0.39 is 0 Å². The standard InChI is InChI=1S/C20H19N3O3/c21-19(24)11-23-8-7-13-5-6-15(9-14(13)10-23)22-20(25)17-12-26-18-4-2-1-3-16(17)18/h1-6,9,12H,7-8,10-11H2,(H2,21,24)(H,22,25). The molecule has 0 saturated carbocycles. The lowest BCUT2D eigenvalue weighted by molar-refractivity contribution is -0.119. The summed E-state index contributed by atoms with van der Waals surface area (Å²) >= 11 is 0. The minimum atomic E-state index is -0.329. The zero-order valence-electron chi connectivity index (χ0n) is 14.2. The van der Waals surface area contributed by atoms with Crippen LogP contribution in [0.15, 0.2) is 53.1 Å². The Morgan fingerprint density at radius 3 is 2.85 bits per heavy atom. The number of furan rings is 1. The lowest BCUT2D eigenvalue weighted by atomic mass is 9.99. The number of anilines is 1. The Hall–Kier alpha value is -3.12. The molecule has 0 bridgehead atoms. The Morgan fingerprint density at radius 1 is 1.15 bits per heavy atom. The van der Waals surface area contributed by atoms with Gasteiger partial charge in [-0.1, -0.05) is 24.3 Å². The quantitative estimate of drug-likeness (QED) is 0.757. The summed E-state index contributed by atoms with van der Waals surface area (Å²) in [5.74, 6) is -0.538. The van der Waals surface area contributed by atoms with Crippen LogP contribution in [0.2, 0.25) is 0 Å². The van der Waals surface area contributed by atoms with Crippen molar-refractivity contribution < 1.29 is 14.0 Å². The van der Waals surface area contributed by atoms with Gasteiger partial charge in [-0.3, -0.25) is 14.5 Å². The predicted octanol–water partition coefficient (Wildman–Crippen LogP) is 2.53. The lowest BCUT2D eigenvalue weighted by Gasteiger charge is -2.28. The Kier molecular flexibility index (Phi) is 4.18. The minimum absolute atomic E-state index is 0.209. The maximum Gasteiger partial charge on any atom is 0.259 e. The molecule has 26 heavy (non-hydrogen) atoms. The molecular weight excluding hydrogens is 330 g/mol. The number of amides is 2. The second-order valence-corrected chi connectivity index (χ2v) is 6.51. The van der Waals surface area contributed by atoms with Crippen molar-refractivity contribution in [2.75, 3.05) is 18.4 Å². The van der Waals surface area contributed by atoms with Gasteiger partial charge in [0.1, 0.15) is 11.8 Å². The maximum absolute atomic E-state index is 12.6. The number of hydrogen-bond donors (Lipinski definition) is 2. The summed E-state index contributed by atoms with van der Waals surface area (Å²) in [4.78, 5) is 25.8. The Balaban J connectivity index is 1.54. The first-order valence-electron chi connectivity index (χ1n) is 8.50. The molecule has 6 nitrogen and oxygen atoms in total. The predicted molar refractivity (Wildman–Crippen MR) is 98.8 cm³/mol. The second-order valence-electron chi connectivity index (χ2n) is 6.51. The molecule has 3 N–H and O–H groups in total. The number of hydrogen-bond acceptors (Lipinski definition) is 4. The van der Waals surface area contributed by atoms with Crippen LogP contribution in [-0.2, 0) is 17.8 Å². The molecule has 1 aromatic heterocycles. The monoisotopic (exact) mass is 349 g/mol. The van der Waals surface area contributed by atoms with Crippen molar-refractivity contribution in [2.24, 2.45) is 5.73 Å². The normalized spacial score (nSPS) is 14.2. The smallest absolute Gasteiger partial charge is 0.259 e. The van der Waals surface area contributed by atoms with E-state index in [1.54, 1.807) is 0 Å². The third-order valence-electron chi connectivity index (χ3n) is 4.66. The lowest BCUT2D eigenvalue weighted by Crippen LogP contribution is -2.37. The molecule has 0 saturated heterocycles. The van der Waals surface area contributed by atoms with Gasteiger partial charge in [-0.2, -0.15) is 0 Å². The number of para-hydroxylation sites is 1. The molecule has 6 heteroatoms. The number of benzene rings is 2. The van der Waals surface area contributed by atoms with Crippen molar-refractivity contribution in [1.29, 1.82) is 0 Å². The van der Waals surface area contributed by atoms with Crippen molar-refractivity contribution in [2.45, 2.75) is 13.0 Å². The highest BCUT2D eigenvalue weighted by Gasteiger charge is 2.19. The Morgan fingerprint density at radius 2 is 2.00 bits per heavy atom. The van der Waals surface area contributed by atoms with Crippen molar-refractivity contribution in [3.05, 3.63) is 65.4 Å². The summed E-state index contributed by atoms with van der Waals surface area (Å²) in [6.45, 7) is 1.70. The van der Waals surface area contributed by atoms with E-state index in [1.165, 1.54) is 11.8 Å². The molecule has 0 fully saturated rings. The van der Waals surface area contributed by atoms with Crippen LogP contribution in [-0.4, -0.2) is 29.8 Å². The minimum Gasteiger partial charge on any atom is -0.463 e. The van der Waals surface area contributed by atoms with Crippen LogP contribution in [0.4, 0.5) is 5.69 Å². The summed E-state index contributed by atoms with van der Waals surface area (Å²) in [6, 6.07) is 13.3. The molecule has 132 valence electrons. The average molecular weight is 349 g/mol. The molecule has 0 atom stereocenters. The highest BCUT2D eigenvalue weighted by molar-refractivity contribution is 6.12. The van der Waals surface area contributed by atoms with Crippen LogP contribution in [0.1, 0.15) is 21.5 Å². The number of rotatable bonds is 4. The number of nitrogens with zero attached hydrogens (tertiary/aromatic N) is 1. The van der Waals surface area contributed by atoms with Gasteiger partial charge in [-0.15, -0.1) is 0 Å². The van der Waals surface area contributed by atoms with Crippen LogP contribution in [0, 0.1) is 0 Å². The van der Waals surface area contributed by atoms with E-state index in [-0.39, 0.29) is 18.4 Å². The number of primary amides is 1. The number of carbonyl (C=O) groups is 2. The zero-order chi connectivity index (χ0) is 18.1. The first-order valence-corrected chi connectivity index (χ1v) is 8.50. The molecular formula is C20H19N3O3. The SMILES string of the molecule is NC(=O)CN1CCc2ccc(NC(=O)c3coc4ccccc34)cc2C1. The fourth-order valence-corrected chi connectivity index (χ4v) is 3.40. The highest BCUT2D eigenvalue weighted by atomic mass is 16.3. The first kappa shape index (κ1) is 16.4. The van der Waals surface area contributed by atoms with E-state index in [0.29, 0.717) is 17.7 Å². The number of nitrogens with two attached hydrogens (primary N) is 1. The molecule has 3 aromatic rings. The Labute approximate surface area is 150 Å². The van der Waals surface area contributed by atoms with E-state index in [1.807, 2.05) is 47.4 Å². The first-order chi connectivity index (χ1) is 12.6. The third-order valence-corrected chi connectivity index (χ3v) is 4.66. The summed E-state index contributed by atoms with van der Waals surface area (Å²) in [5.41, 5.74) is 9.55. The van der Waals surface area contributed by atoms with Crippen molar-refractivity contribution in [3.63, 3.8) is 0 Å². The third kappa shape index (κ3) is 3.19. The van der Waals surface area contributed by atoms with Crippen LogP contribution in [0.3, 0.4) is 0 Å². The molecule has 2 amide bonds. The number of fused-ring (bicyclic) bond motifs is 2. The molecule has 1 aliphatic heterocycles. The van der Waals surface area contributed by atoms with E-state index >= 15 is 0 Å². The van der Waals surface area contributed by atoms with E-state index in [4.69, 9.17) is 10.2 Å². The molecule has 2 heterocycles. The van der Waals surface area contributed by atoms with Gasteiger partial charge >= 0.3 is 0 Å². The fourth-order valence-electron chi connectivity index (χ4n) is 3.40. The largest absolute Gasteiger partial charge is 0.463 e. The zero-order valence-corrected chi connectivity index (χ0v) is 14.2. The molecule has 0 spiro atoms. The molecule has 0 radical (unpaired) electrons. The number of nitrogens with one attached hydrogen (secondary N) is 1. The van der Waals surface area contributed by atoms with Gasteiger partial charge in [0.05, 0.1) is 12.1 Å². The fraction of sp³-hybridized carbons (Fsp3) is 0.200. The van der Waals surface area contributed by atoms with Crippen LogP contribution in [0.5, 0.6) is 0 Å². The average Bonchev–Trinajstić information content (AvgIpc) is 3.05. The molecule has 0 aliphatic carbocycles. The maximum atomic E-state index is 12.6. The van der Waals surface area contributed by atoms with Gasteiger partial charge in [-0.25, -0.2) is 0 Å². The second kappa shape index (κ2) is 6.65. The van der Waals surface area contributed by atoms with E-state index in [2.05, 4.69) is 5.32 Å². The van der Waals surface area contributed by atoms with Gasteiger partial charge in [0.25, 0.3) is 5.91 Å². The van der Waals surface area contributed by atoms with Crippen molar-refractivity contribution in [3.8, 4) is 0 Å². The summed E-state index contributed by atoms with van der Waals surface area (Å²) < 4.78 is 5.44. The summed E-state index contributed by atoms with van der Waals surface area (Å²) in [5, 5.41) is 3.72. The van der Waals surface area contributed by atoms with Crippen molar-refractivity contribution >= 4 is 28.5 Å². The van der Waals surface area contributed by atoms with Gasteiger partial charge in [0, 0.05) is 24.2 Å². The van der Waals surface area contributed by atoms with Gasteiger partial charge in [0.2, 0.25) is 5.91 Å². The van der Waals surface area contributed by atoms with Gasteiger partial charge < -0.3 is 15.5 Å². The van der Waals surface area contributed by atoms with Crippen LogP contribution >= 0.6 is 0 Å². The Bertz CT molecular complexity index is 993. The summed E-state index contributed by atoms with van der Waals surface area (Å²) in [6.07, 6.45) is 2.34. The van der Waals surface area contributed by atoms with Crippen molar-refractivity contribution in [1.82, 2.24) is 4.90 Å². The topological polar surface area (TPSA) is 88.6 Å². The van der Waals surface area contributed by atoms with Crippen LogP contribution < -0.4 is 11.1 Å². The van der Waals surface area contributed by atoms with Crippen LogP contribution in [0.25, 0.3) is 11.0 Å². The molecule has 4 rings (SSSR count). The number of carbonyl (C=O) groups excluding carboxylic acids is 2. The van der Waals surface area contributed by atoms with E-state index in [9.17, 15) is 9.59 Å². The molecule has 1 aliphatic rings. The summed E-state index contributed by atoms with van der Waals surface area (Å²) in [7, 11) is 0. The van der Waals surface area contributed by atoms with E-state index in [0.717, 1.165) is 29.6 Å². The molecule has 0 unspecified atom stereocenters. The van der Waals surface area contributed by atoms with Gasteiger partial charge in [0.15, 0.2) is 0 Å². The highest BCUT2D eigenvalue weighted by Crippen LogP contribution is 2.25. The van der Waals surface area contributed by atoms with Gasteiger partial charge in [-0.05, 0) is 35.7 Å². The molecule has 2 aromatic carbocycles.